The van der Waals surface area contributed by atoms with Gasteiger partial charge in [0.15, 0.2) is 5.60 Å². The second-order valence-corrected chi connectivity index (χ2v) is 7.28. The number of carboxylic acids is 1. The maximum Gasteiger partial charge on any atom is 0.305 e. The van der Waals surface area contributed by atoms with Gasteiger partial charge in [-0.15, -0.1) is 0 Å². The number of nitrogens with zero attached hydrogens (tertiary/aromatic N) is 1. The number of rotatable bonds is 4. The number of aliphatic carboxylic acids is 1. The molecule has 1 aromatic rings. The van der Waals surface area contributed by atoms with Gasteiger partial charge in [-0.25, -0.2) is 0 Å². The third-order valence-corrected chi connectivity index (χ3v) is 5.54. The minimum Gasteiger partial charge on any atom is -0.481 e. The zero-order valence-corrected chi connectivity index (χ0v) is 14.4. The van der Waals surface area contributed by atoms with Crippen molar-refractivity contribution in [2.75, 3.05) is 11.9 Å². The number of benzene rings is 1. The molecule has 2 unspecified atom stereocenters. The van der Waals surface area contributed by atoms with Crippen LogP contribution < -0.4 is 5.32 Å². The summed E-state index contributed by atoms with van der Waals surface area (Å²) in [5.74, 6) is -2.73. The Hall–Kier alpha value is -1.91. The zero-order chi connectivity index (χ0) is 17.6. The van der Waals surface area contributed by atoms with Crippen LogP contribution in [0.25, 0.3) is 0 Å². The van der Waals surface area contributed by atoms with E-state index < -0.39 is 40.3 Å². The fourth-order valence-corrected chi connectivity index (χ4v) is 4.16. The number of hydrogen-bond acceptors (Lipinski definition) is 6. The monoisotopic (exact) mass is 414 g/mol. The Morgan fingerprint density at radius 1 is 1.38 bits per heavy atom. The highest BCUT2D eigenvalue weighted by Gasteiger charge is 2.59. The van der Waals surface area contributed by atoms with Crippen molar-refractivity contribution >= 4 is 56.4 Å². The maximum atomic E-state index is 12.5. The van der Waals surface area contributed by atoms with Crippen LogP contribution in [0, 0.1) is 0 Å². The highest BCUT2D eigenvalue weighted by atomic mass is 79.9. The number of carbonyl (C=O) groups is 4. The summed E-state index contributed by atoms with van der Waals surface area (Å²) in [7, 11) is 0. The fourth-order valence-electron chi connectivity index (χ4n) is 2.66. The van der Waals surface area contributed by atoms with Gasteiger partial charge in [-0.1, -0.05) is 15.9 Å². The number of aliphatic hydroxyl groups is 1. The number of hydrogen-bond donors (Lipinski definition) is 3. The minimum absolute atomic E-state index is 0.195. The third kappa shape index (κ3) is 2.50. The maximum absolute atomic E-state index is 12.5. The van der Waals surface area contributed by atoms with Crippen LogP contribution in [0.1, 0.15) is 12.0 Å². The number of thioether (sulfide) groups is 1. The lowest BCUT2D eigenvalue weighted by molar-refractivity contribution is -0.143. The van der Waals surface area contributed by atoms with Crippen molar-refractivity contribution in [1.82, 2.24) is 4.90 Å². The average molecular weight is 415 g/mol. The Labute approximate surface area is 148 Å². The summed E-state index contributed by atoms with van der Waals surface area (Å²) in [4.78, 5) is 48.2. The molecule has 3 rings (SSSR count). The van der Waals surface area contributed by atoms with E-state index in [-0.39, 0.29) is 12.1 Å². The van der Waals surface area contributed by atoms with E-state index in [1.54, 1.807) is 12.1 Å². The van der Waals surface area contributed by atoms with E-state index in [0.717, 1.165) is 4.90 Å². The van der Waals surface area contributed by atoms with E-state index in [1.807, 2.05) is 0 Å². The van der Waals surface area contributed by atoms with Crippen LogP contribution in [0.15, 0.2) is 22.7 Å². The molecule has 126 valence electrons. The van der Waals surface area contributed by atoms with Crippen molar-refractivity contribution in [2.24, 2.45) is 0 Å². The molecule has 2 aliphatic heterocycles. The quantitative estimate of drug-likeness (QED) is 0.674. The summed E-state index contributed by atoms with van der Waals surface area (Å²) in [6.45, 7) is -0.306. The molecule has 0 aliphatic carbocycles. The molecule has 10 heteroatoms. The van der Waals surface area contributed by atoms with Crippen LogP contribution in [0.4, 0.5) is 10.5 Å². The predicted octanol–water partition coefficient (Wildman–Crippen LogP) is 1.13. The Bertz CT molecular complexity index is 785. The molecule has 8 nitrogen and oxygen atoms in total. The zero-order valence-electron chi connectivity index (χ0n) is 12.0. The first-order chi connectivity index (χ1) is 11.2. The predicted molar refractivity (Wildman–Crippen MR) is 87.4 cm³/mol. The van der Waals surface area contributed by atoms with Crippen molar-refractivity contribution in [2.45, 2.75) is 17.3 Å². The van der Waals surface area contributed by atoms with Crippen LogP contribution in [0.3, 0.4) is 0 Å². The van der Waals surface area contributed by atoms with Gasteiger partial charge in [-0.3, -0.25) is 24.1 Å². The van der Waals surface area contributed by atoms with Crippen LogP contribution in [0.2, 0.25) is 0 Å². The van der Waals surface area contributed by atoms with Gasteiger partial charge in [0.1, 0.15) is 5.25 Å². The number of anilines is 1. The highest BCUT2D eigenvalue weighted by Crippen LogP contribution is 2.47. The van der Waals surface area contributed by atoms with Gasteiger partial charge >= 0.3 is 5.97 Å². The highest BCUT2D eigenvalue weighted by molar-refractivity contribution is 9.10. The van der Waals surface area contributed by atoms with Gasteiger partial charge in [0, 0.05) is 22.3 Å². The van der Waals surface area contributed by atoms with Crippen LogP contribution >= 0.6 is 27.7 Å². The molecule has 1 aromatic carbocycles. The fraction of sp³-hybridized carbons (Fsp3) is 0.286. The number of carboxylic acid groups (broad SMARTS) is 1. The van der Waals surface area contributed by atoms with Gasteiger partial charge in [0.05, 0.1) is 6.42 Å². The number of carbonyl (C=O) groups excluding carboxylic acids is 3. The largest absolute Gasteiger partial charge is 0.481 e. The topological polar surface area (TPSA) is 124 Å². The Morgan fingerprint density at radius 2 is 2.08 bits per heavy atom. The number of imide groups is 1. The average Bonchev–Trinajstić information content (AvgIpc) is 2.93. The van der Waals surface area contributed by atoms with Crippen molar-refractivity contribution in [3.63, 3.8) is 0 Å². The first-order valence-electron chi connectivity index (χ1n) is 6.82. The number of halogens is 1. The smallest absolute Gasteiger partial charge is 0.305 e. The van der Waals surface area contributed by atoms with E-state index in [2.05, 4.69) is 21.2 Å². The van der Waals surface area contributed by atoms with Crippen molar-refractivity contribution in [3.8, 4) is 0 Å². The molecular formula is C14H11BrN2O6S. The Balaban J connectivity index is 1.96. The molecule has 0 saturated carbocycles. The molecule has 1 saturated heterocycles. The Morgan fingerprint density at radius 3 is 2.75 bits per heavy atom. The minimum atomic E-state index is -2.20. The normalized spacial score (nSPS) is 25.8. The van der Waals surface area contributed by atoms with Crippen molar-refractivity contribution in [3.05, 3.63) is 28.2 Å². The molecule has 0 spiro atoms. The molecule has 3 N–H and O–H groups in total. The molecule has 2 atom stereocenters. The summed E-state index contributed by atoms with van der Waals surface area (Å²) >= 11 is 3.76. The molecule has 0 aromatic heterocycles. The summed E-state index contributed by atoms with van der Waals surface area (Å²) in [5, 5.41) is 20.1. The molecule has 0 radical (unpaired) electrons. The van der Waals surface area contributed by atoms with Crippen molar-refractivity contribution in [1.29, 1.82) is 0 Å². The van der Waals surface area contributed by atoms with Crippen LogP contribution in [0.5, 0.6) is 0 Å². The number of nitrogens with one attached hydrogen (secondary N) is 1. The van der Waals surface area contributed by atoms with Gasteiger partial charge in [0.25, 0.3) is 11.1 Å². The number of amides is 3. The van der Waals surface area contributed by atoms with Gasteiger partial charge in [0.2, 0.25) is 5.91 Å². The molecule has 1 fully saturated rings. The lowest BCUT2D eigenvalue weighted by atomic mass is 9.90. The lowest BCUT2D eigenvalue weighted by Gasteiger charge is -2.25. The van der Waals surface area contributed by atoms with E-state index in [0.29, 0.717) is 21.9 Å². The standard InChI is InChI=1S/C14H11BrN2O6S/c15-6-1-2-8-7(5-6)14(23,12(21)16-8)10-11(20)17(13(22)24-10)4-3-9(18)19/h1-2,5,10,23H,3-4H2,(H,16,21)(H,18,19). The second kappa shape index (κ2) is 5.87. The van der Waals surface area contributed by atoms with Crippen LogP contribution in [-0.2, 0) is 20.0 Å². The SMILES string of the molecule is O=C(O)CCN1C(=O)SC(C2(O)C(=O)Nc3ccc(Br)cc32)C1=O. The van der Waals surface area contributed by atoms with Gasteiger partial charge in [-0.05, 0) is 30.0 Å². The Kier molecular flexibility index (Phi) is 4.14. The molecular weight excluding hydrogens is 404 g/mol. The number of fused-ring (bicyclic) bond motifs is 1. The third-order valence-electron chi connectivity index (χ3n) is 3.84. The molecule has 2 heterocycles. The summed E-state index contributed by atoms with van der Waals surface area (Å²) < 4.78 is 0.598. The molecule has 3 amide bonds. The van der Waals surface area contributed by atoms with E-state index in [4.69, 9.17) is 5.11 Å². The van der Waals surface area contributed by atoms with E-state index in [9.17, 15) is 24.3 Å². The summed E-state index contributed by atoms with van der Waals surface area (Å²) in [6.07, 6.45) is -0.405. The van der Waals surface area contributed by atoms with E-state index in [1.165, 1.54) is 6.07 Å². The van der Waals surface area contributed by atoms with Crippen LogP contribution in [-0.4, -0.2) is 49.9 Å². The first-order valence-corrected chi connectivity index (χ1v) is 8.50. The summed E-state index contributed by atoms with van der Waals surface area (Å²) in [5.41, 5.74) is -1.65. The molecule has 0 bridgehead atoms. The summed E-state index contributed by atoms with van der Waals surface area (Å²) in [6, 6.07) is 4.74. The lowest BCUT2D eigenvalue weighted by Crippen LogP contribution is -2.48. The first kappa shape index (κ1) is 16.9. The molecule has 24 heavy (non-hydrogen) atoms. The van der Waals surface area contributed by atoms with Gasteiger partial charge in [-0.2, -0.15) is 0 Å². The van der Waals surface area contributed by atoms with Gasteiger partial charge < -0.3 is 15.5 Å². The van der Waals surface area contributed by atoms with E-state index >= 15 is 0 Å². The molecule has 2 aliphatic rings. The second-order valence-electron chi connectivity index (χ2n) is 5.31. The van der Waals surface area contributed by atoms with Crippen molar-refractivity contribution < 1.29 is 29.4 Å².